The van der Waals surface area contributed by atoms with Gasteiger partial charge in [-0.2, -0.15) is 0 Å². The molecule has 104 valence electrons. The number of rotatable bonds is 4. The number of carboxylic acids is 1. The van der Waals surface area contributed by atoms with Gasteiger partial charge in [0.05, 0.1) is 23.7 Å². The Balaban J connectivity index is 2.39. The molecule has 6 heteroatoms. The third-order valence-electron chi connectivity index (χ3n) is 3.47. The zero-order chi connectivity index (χ0) is 14.2. The van der Waals surface area contributed by atoms with Crippen LogP contribution in [0.4, 0.5) is 0 Å². The van der Waals surface area contributed by atoms with Crippen LogP contribution < -0.4 is 4.74 Å². The first kappa shape index (κ1) is 13.9. The van der Waals surface area contributed by atoms with E-state index in [-0.39, 0.29) is 11.7 Å². The van der Waals surface area contributed by atoms with E-state index in [2.05, 4.69) is 0 Å². The monoisotopic (exact) mass is 284 g/mol. The Morgan fingerprint density at radius 2 is 2.21 bits per heavy atom. The lowest BCUT2D eigenvalue weighted by molar-refractivity contribution is -0.141. The highest BCUT2D eigenvalue weighted by Gasteiger charge is 2.36. The smallest absolute Gasteiger partial charge is 0.306 e. The number of hydrogen-bond donors (Lipinski definition) is 1. The van der Waals surface area contributed by atoms with Gasteiger partial charge in [-0.3, -0.25) is 4.79 Å². The minimum atomic E-state index is -3.30. The van der Waals surface area contributed by atoms with Crippen LogP contribution in [0.1, 0.15) is 24.8 Å². The Kier molecular flexibility index (Phi) is 3.54. The van der Waals surface area contributed by atoms with Crippen molar-refractivity contribution in [2.45, 2.75) is 24.2 Å². The van der Waals surface area contributed by atoms with E-state index in [1.807, 2.05) is 0 Å². The number of benzene rings is 1. The number of fused-ring (bicyclic) bond motifs is 1. The summed E-state index contributed by atoms with van der Waals surface area (Å²) >= 11 is 0. The van der Waals surface area contributed by atoms with Gasteiger partial charge in [-0.1, -0.05) is 6.92 Å². The van der Waals surface area contributed by atoms with Crippen molar-refractivity contribution in [3.63, 3.8) is 0 Å². The molecule has 2 rings (SSSR count). The Morgan fingerprint density at radius 1 is 1.53 bits per heavy atom. The number of aliphatic carboxylic acids is 1. The van der Waals surface area contributed by atoms with E-state index < -0.39 is 21.7 Å². The summed E-state index contributed by atoms with van der Waals surface area (Å²) in [6.45, 7) is 1.59. The van der Waals surface area contributed by atoms with Gasteiger partial charge in [-0.05, 0) is 30.2 Å². The molecule has 0 aromatic heterocycles. The van der Waals surface area contributed by atoms with Crippen molar-refractivity contribution in [1.82, 2.24) is 0 Å². The number of sulfone groups is 1. The average molecular weight is 284 g/mol. The van der Waals surface area contributed by atoms with Crippen LogP contribution in [0.5, 0.6) is 5.75 Å². The molecule has 0 saturated carbocycles. The van der Waals surface area contributed by atoms with Crippen LogP contribution in [0.25, 0.3) is 0 Å². The van der Waals surface area contributed by atoms with Crippen LogP contribution in [0.3, 0.4) is 0 Å². The molecule has 0 amide bonds. The fourth-order valence-electron chi connectivity index (χ4n) is 2.42. The normalized spacial score (nSPS) is 21.7. The van der Waals surface area contributed by atoms with Crippen LogP contribution in [0.2, 0.25) is 0 Å². The Hall–Kier alpha value is -1.56. The van der Waals surface area contributed by atoms with Crippen LogP contribution in [0.15, 0.2) is 23.1 Å². The van der Waals surface area contributed by atoms with Crippen molar-refractivity contribution in [2.24, 2.45) is 5.92 Å². The minimum absolute atomic E-state index is 0.0207. The van der Waals surface area contributed by atoms with Gasteiger partial charge >= 0.3 is 5.97 Å². The molecule has 0 bridgehead atoms. The van der Waals surface area contributed by atoms with Gasteiger partial charge in [0, 0.05) is 5.92 Å². The van der Waals surface area contributed by atoms with Crippen molar-refractivity contribution in [1.29, 1.82) is 0 Å². The highest BCUT2D eigenvalue weighted by atomic mass is 32.2. The first-order valence-corrected chi connectivity index (χ1v) is 7.64. The molecule has 0 radical (unpaired) electrons. The minimum Gasteiger partial charge on any atom is -0.497 e. The fraction of sp³-hybridized carbons (Fsp3) is 0.462. The predicted octanol–water partition coefficient (Wildman–Crippen LogP) is 1.68. The van der Waals surface area contributed by atoms with Crippen molar-refractivity contribution < 1.29 is 23.1 Å². The number of ether oxygens (including phenoxy) is 1. The molecule has 19 heavy (non-hydrogen) atoms. The second kappa shape index (κ2) is 4.85. The van der Waals surface area contributed by atoms with Crippen molar-refractivity contribution >= 4 is 15.8 Å². The molecule has 1 N–H and O–H groups in total. The zero-order valence-corrected chi connectivity index (χ0v) is 11.6. The molecule has 0 spiro atoms. The predicted molar refractivity (Wildman–Crippen MR) is 69.2 cm³/mol. The maximum absolute atomic E-state index is 12.0. The van der Waals surface area contributed by atoms with E-state index >= 15 is 0 Å². The maximum atomic E-state index is 12.0. The average Bonchev–Trinajstić information content (AvgIpc) is 2.60. The lowest BCUT2D eigenvalue weighted by Gasteiger charge is -2.13. The number of carbonyl (C=O) groups is 1. The highest BCUT2D eigenvalue weighted by Crippen LogP contribution is 2.40. The van der Waals surface area contributed by atoms with Gasteiger partial charge in [-0.25, -0.2) is 8.42 Å². The van der Waals surface area contributed by atoms with Crippen LogP contribution >= 0.6 is 0 Å². The zero-order valence-electron chi connectivity index (χ0n) is 10.8. The van der Waals surface area contributed by atoms with E-state index in [1.165, 1.54) is 13.2 Å². The molecule has 5 nitrogen and oxygen atoms in total. The molecule has 1 aliphatic rings. The van der Waals surface area contributed by atoms with Gasteiger partial charge < -0.3 is 9.84 Å². The van der Waals surface area contributed by atoms with E-state index in [0.29, 0.717) is 22.6 Å². The van der Waals surface area contributed by atoms with Gasteiger partial charge in [0.1, 0.15) is 5.75 Å². The van der Waals surface area contributed by atoms with Crippen molar-refractivity contribution in [3.8, 4) is 5.75 Å². The highest BCUT2D eigenvalue weighted by molar-refractivity contribution is 7.91. The number of hydrogen-bond acceptors (Lipinski definition) is 4. The molecule has 0 aliphatic carbocycles. The Labute approximate surface area is 112 Å². The summed E-state index contributed by atoms with van der Waals surface area (Å²) in [7, 11) is -1.79. The van der Waals surface area contributed by atoms with E-state index in [0.717, 1.165) is 0 Å². The van der Waals surface area contributed by atoms with E-state index in [4.69, 9.17) is 9.84 Å². The molecule has 1 aromatic rings. The third kappa shape index (κ3) is 2.58. The first-order valence-electron chi connectivity index (χ1n) is 5.98. The number of carboxylic acid groups (broad SMARTS) is 1. The topological polar surface area (TPSA) is 80.7 Å². The molecule has 0 fully saturated rings. The molecule has 1 aromatic carbocycles. The van der Waals surface area contributed by atoms with Crippen LogP contribution in [-0.2, 0) is 14.6 Å². The summed E-state index contributed by atoms with van der Waals surface area (Å²) in [5.41, 5.74) is 0.674. The summed E-state index contributed by atoms with van der Waals surface area (Å²) in [5.74, 6) is -1.19. The van der Waals surface area contributed by atoms with E-state index in [9.17, 15) is 13.2 Å². The summed E-state index contributed by atoms with van der Waals surface area (Å²) in [6, 6.07) is 4.84. The lowest BCUT2D eigenvalue weighted by Crippen LogP contribution is -2.15. The van der Waals surface area contributed by atoms with Crippen molar-refractivity contribution in [3.05, 3.63) is 23.8 Å². The van der Waals surface area contributed by atoms with Crippen LogP contribution in [-0.4, -0.2) is 32.4 Å². The standard InChI is InChI=1S/C13H16O5S/c1-8(13(14)15)5-9-7-19(16,17)12-4-3-10(18-2)6-11(9)12/h3-4,6,8-9H,5,7H2,1-2H3,(H,14,15). The second-order valence-corrected chi connectivity index (χ2v) is 6.86. The van der Waals surface area contributed by atoms with Crippen LogP contribution in [0, 0.1) is 5.92 Å². The molecule has 1 heterocycles. The quantitative estimate of drug-likeness (QED) is 0.909. The van der Waals surface area contributed by atoms with Gasteiger partial charge in [0.15, 0.2) is 9.84 Å². The molecule has 1 aliphatic heterocycles. The summed E-state index contributed by atoms with van der Waals surface area (Å²) in [5, 5.41) is 8.95. The Bertz CT molecular complexity index is 605. The second-order valence-electron chi connectivity index (χ2n) is 4.86. The SMILES string of the molecule is COc1ccc2c(c1)C(CC(C)C(=O)O)CS2(=O)=O. The van der Waals surface area contributed by atoms with Gasteiger partial charge in [-0.15, -0.1) is 0 Å². The maximum Gasteiger partial charge on any atom is 0.306 e. The van der Waals surface area contributed by atoms with Gasteiger partial charge in [0.25, 0.3) is 0 Å². The number of methoxy groups -OCH3 is 1. The largest absolute Gasteiger partial charge is 0.497 e. The lowest BCUT2D eigenvalue weighted by atomic mass is 9.91. The molecular formula is C13H16O5S. The molecular weight excluding hydrogens is 268 g/mol. The summed E-state index contributed by atoms with van der Waals surface area (Å²) in [4.78, 5) is 11.2. The summed E-state index contributed by atoms with van der Waals surface area (Å²) < 4.78 is 29.1. The van der Waals surface area contributed by atoms with Crippen molar-refractivity contribution in [2.75, 3.05) is 12.9 Å². The van der Waals surface area contributed by atoms with E-state index in [1.54, 1.807) is 19.1 Å². The molecule has 2 atom stereocenters. The molecule has 0 saturated heterocycles. The first-order chi connectivity index (χ1) is 8.85. The summed E-state index contributed by atoms with van der Waals surface area (Å²) in [6.07, 6.45) is 0.314. The Morgan fingerprint density at radius 3 is 2.79 bits per heavy atom. The third-order valence-corrected chi connectivity index (χ3v) is 5.36. The molecule has 2 unspecified atom stereocenters. The fourth-order valence-corrected chi connectivity index (χ4v) is 4.31. The van der Waals surface area contributed by atoms with Gasteiger partial charge in [0.2, 0.25) is 0 Å².